The number of sulfonamides is 1. The molecule has 9 nitrogen and oxygen atoms in total. The number of hydrogen-bond donors (Lipinski definition) is 3. The second kappa shape index (κ2) is 10.3. The minimum Gasteiger partial charge on any atom is -0.480 e. The summed E-state index contributed by atoms with van der Waals surface area (Å²) in [7, 11) is -4.66. The summed E-state index contributed by atoms with van der Waals surface area (Å²) in [6.07, 6.45) is 1.50. The topological polar surface area (TPSA) is 133 Å². The fourth-order valence-corrected chi connectivity index (χ4v) is 5.92. The maximum Gasteiger partial charge on any atom is 0.323 e. The van der Waals surface area contributed by atoms with Gasteiger partial charge >= 0.3 is 5.97 Å². The molecule has 2 amide bonds. The number of nitrogens with one attached hydrogen (secondary N) is 2. The van der Waals surface area contributed by atoms with E-state index in [1.54, 1.807) is 0 Å². The number of nitrogens with zero attached hydrogens (tertiary/aromatic N) is 1. The normalized spacial score (nSPS) is 15.4. The number of carboxylic acids is 1. The van der Waals surface area contributed by atoms with Gasteiger partial charge in [-0.15, -0.1) is 11.3 Å². The van der Waals surface area contributed by atoms with Crippen LogP contribution in [0.15, 0.2) is 29.2 Å². The number of carbonyl (C=O) groups excluding carboxylic acids is 2. The van der Waals surface area contributed by atoms with E-state index in [0.29, 0.717) is 23.2 Å². The van der Waals surface area contributed by atoms with Gasteiger partial charge in [-0.1, -0.05) is 23.2 Å². The molecule has 2 heterocycles. The SMILES string of the molecule is O=C(NC[C@H](NS(=O)(=O)c1cc(F)cc(N2CCCCC2=O)c1Cl)C(=O)O)c1ccc(Cl)s1. The molecule has 1 aliphatic heterocycles. The van der Waals surface area contributed by atoms with Crippen LogP contribution in [0.1, 0.15) is 28.9 Å². The third kappa shape index (κ3) is 6.01. The Labute approximate surface area is 202 Å². The van der Waals surface area contributed by atoms with Crippen molar-refractivity contribution in [3.63, 3.8) is 0 Å². The maximum atomic E-state index is 14.3. The first kappa shape index (κ1) is 25.4. The monoisotopic (exact) mass is 537 g/mol. The molecule has 2 aromatic rings. The van der Waals surface area contributed by atoms with Crippen molar-refractivity contribution in [1.29, 1.82) is 0 Å². The van der Waals surface area contributed by atoms with Gasteiger partial charge in [0.25, 0.3) is 5.91 Å². The van der Waals surface area contributed by atoms with E-state index < -0.39 is 50.2 Å². The van der Waals surface area contributed by atoms with E-state index in [4.69, 9.17) is 23.2 Å². The lowest BCUT2D eigenvalue weighted by Crippen LogP contribution is -2.48. The average molecular weight is 538 g/mol. The number of rotatable bonds is 8. The van der Waals surface area contributed by atoms with Crippen molar-refractivity contribution in [2.24, 2.45) is 0 Å². The number of piperidine rings is 1. The highest BCUT2D eigenvalue weighted by molar-refractivity contribution is 7.89. The van der Waals surface area contributed by atoms with Crippen molar-refractivity contribution in [2.75, 3.05) is 18.0 Å². The molecule has 0 radical (unpaired) electrons. The van der Waals surface area contributed by atoms with Crippen LogP contribution in [0.2, 0.25) is 9.36 Å². The highest BCUT2D eigenvalue weighted by Crippen LogP contribution is 2.35. The molecule has 0 aliphatic carbocycles. The third-order valence-electron chi connectivity index (χ3n) is 4.75. The summed E-state index contributed by atoms with van der Waals surface area (Å²) in [4.78, 5) is 36.6. The second-order valence-corrected chi connectivity index (χ2v) is 10.8. The summed E-state index contributed by atoms with van der Waals surface area (Å²) in [5.74, 6) is -3.53. The van der Waals surface area contributed by atoms with Crippen LogP contribution in [0, 0.1) is 5.82 Å². The number of halogens is 3. The Bertz CT molecular complexity index is 1200. The molecule has 0 saturated carbocycles. The molecular formula is C19H18Cl2FN3O6S2. The van der Waals surface area contributed by atoms with Crippen molar-refractivity contribution in [3.05, 3.63) is 44.3 Å². The average Bonchev–Trinajstić information content (AvgIpc) is 3.19. The standard InChI is InChI=1S/C19H18Cl2FN3O6S2/c20-15-5-4-13(32-15)18(27)23-9-11(19(28)29)24-33(30,31)14-8-10(22)7-12(17(14)21)25-6-2-1-3-16(25)26/h4-5,7-8,11,24H,1-3,6,9H2,(H,23,27)(H,28,29)/t11-/m0/s1. The number of carbonyl (C=O) groups is 3. The van der Waals surface area contributed by atoms with E-state index >= 15 is 0 Å². The molecule has 14 heteroatoms. The Balaban J connectivity index is 1.83. The molecule has 0 bridgehead atoms. The maximum absolute atomic E-state index is 14.3. The molecule has 1 aromatic carbocycles. The van der Waals surface area contributed by atoms with E-state index in [-0.39, 0.29) is 29.4 Å². The van der Waals surface area contributed by atoms with Crippen LogP contribution in [0.5, 0.6) is 0 Å². The minimum atomic E-state index is -4.66. The van der Waals surface area contributed by atoms with E-state index in [1.807, 2.05) is 4.72 Å². The summed E-state index contributed by atoms with van der Waals surface area (Å²) in [6.45, 7) is -0.362. The van der Waals surface area contributed by atoms with Gasteiger partial charge in [0.2, 0.25) is 15.9 Å². The van der Waals surface area contributed by atoms with Crippen molar-refractivity contribution in [3.8, 4) is 0 Å². The van der Waals surface area contributed by atoms with Gasteiger partial charge in [0, 0.05) is 19.5 Å². The summed E-state index contributed by atoms with van der Waals surface area (Å²) < 4.78 is 42.3. The number of aliphatic carboxylic acids is 1. The molecule has 1 atom stereocenters. The summed E-state index contributed by atoms with van der Waals surface area (Å²) >= 11 is 13.0. The summed E-state index contributed by atoms with van der Waals surface area (Å²) in [6, 6.07) is 2.71. The Morgan fingerprint density at radius 1 is 1.24 bits per heavy atom. The number of carboxylic acid groups (broad SMARTS) is 1. The molecule has 1 saturated heterocycles. The zero-order valence-electron chi connectivity index (χ0n) is 16.8. The molecule has 1 aliphatic rings. The van der Waals surface area contributed by atoms with Crippen molar-refractivity contribution in [1.82, 2.24) is 10.0 Å². The Hall–Kier alpha value is -2.25. The fraction of sp³-hybridized carbons (Fsp3) is 0.316. The van der Waals surface area contributed by atoms with Gasteiger partial charge in [0.1, 0.15) is 16.8 Å². The van der Waals surface area contributed by atoms with Crippen LogP contribution in [-0.2, 0) is 19.6 Å². The van der Waals surface area contributed by atoms with E-state index in [2.05, 4.69) is 5.32 Å². The van der Waals surface area contributed by atoms with Gasteiger partial charge in [-0.05, 0) is 37.1 Å². The summed E-state index contributed by atoms with van der Waals surface area (Å²) in [5, 5.41) is 11.3. The third-order valence-corrected chi connectivity index (χ3v) is 7.98. The highest BCUT2D eigenvalue weighted by atomic mass is 35.5. The number of amides is 2. The first-order chi connectivity index (χ1) is 15.5. The molecular weight excluding hydrogens is 520 g/mol. The molecule has 1 aromatic heterocycles. The zero-order valence-corrected chi connectivity index (χ0v) is 20.0. The highest BCUT2D eigenvalue weighted by Gasteiger charge is 2.31. The van der Waals surface area contributed by atoms with Crippen LogP contribution in [0.3, 0.4) is 0 Å². The Morgan fingerprint density at radius 2 is 1.97 bits per heavy atom. The van der Waals surface area contributed by atoms with Crippen molar-refractivity contribution in [2.45, 2.75) is 30.2 Å². The molecule has 0 spiro atoms. The van der Waals surface area contributed by atoms with E-state index in [0.717, 1.165) is 17.4 Å². The molecule has 33 heavy (non-hydrogen) atoms. The molecule has 3 rings (SSSR count). The summed E-state index contributed by atoms with van der Waals surface area (Å²) in [5.41, 5.74) is -0.114. The minimum absolute atomic E-state index is 0.114. The number of anilines is 1. The largest absolute Gasteiger partial charge is 0.480 e. The van der Waals surface area contributed by atoms with E-state index in [9.17, 15) is 32.3 Å². The lowest BCUT2D eigenvalue weighted by molar-refractivity contribution is -0.138. The first-order valence-electron chi connectivity index (χ1n) is 9.57. The lowest BCUT2D eigenvalue weighted by atomic mass is 10.1. The molecule has 3 N–H and O–H groups in total. The molecule has 0 unspecified atom stereocenters. The van der Waals surface area contributed by atoms with Crippen molar-refractivity contribution < 1.29 is 32.3 Å². The van der Waals surface area contributed by atoms with Crippen LogP contribution < -0.4 is 14.9 Å². The van der Waals surface area contributed by atoms with Crippen LogP contribution in [0.25, 0.3) is 0 Å². The lowest BCUT2D eigenvalue weighted by Gasteiger charge is -2.28. The first-order valence-corrected chi connectivity index (χ1v) is 12.6. The number of hydrogen-bond acceptors (Lipinski definition) is 6. The molecule has 1 fully saturated rings. The van der Waals surface area contributed by atoms with Gasteiger partial charge in [-0.3, -0.25) is 14.4 Å². The number of thiophene rings is 1. The van der Waals surface area contributed by atoms with Gasteiger partial charge in [-0.2, -0.15) is 4.72 Å². The Kier molecular flexibility index (Phi) is 7.96. The van der Waals surface area contributed by atoms with Crippen LogP contribution in [0.4, 0.5) is 10.1 Å². The van der Waals surface area contributed by atoms with Crippen LogP contribution in [-0.4, -0.2) is 50.4 Å². The van der Waals surface area contributed by atoms with Gasteiger partial charge in [-0.25, -0.2) is 12.8 Å². The number of benzene rings is 1. The fourth-order valence-electron chi connectivity index (χ4n) is 3.15. The van der Waals surface area contributed by atoms with Gasteiger partial charge in [0.15, 0.2) is 0 Å². The molecule has 178 valence electrons. The predicted octanol–water partition coefficient (Wildman–Crippen LogP) is 2.87. The quantitative estimate of drug-likeness (QED) is 0.474. The van der Waals surface area contributed by atoms with Gasteiger partial charge in [0.05, 0.1) is 19.9 Å². The predicted molar refractivity (Wildman–Crippen MR) is 121 cm³/mol. The van der Waals surface area contributed by atoms with Crippen molar-refractivity contribution >= 4 is 68.0 Å². The zero-order chi connectivity index (χ0) is 24.3. The van der Waals surface area contributed by atoms with E-state index in [1.165, 1.54) is 17.0 Å². The van der Waals surface area contributed by atoms with Crippen LogP contribution >= 0.6 is 34.5 Å². The Morgan fingerprint density at radius 3 is 2.58 bits per heavy atom. The smallest absolute Gasteiger partial charge is 0.323 e. The second-order valence-electron chi connectivity index (χ2n) is 7.07. The van der Waals surface area contributed by atoms with Gasteiger partial charge < -0.3 is 15.3 Å².